The van der Waals surface area contributed by atoms with Crippen molar-refractivity contribution < 1.29 is 9.59 Å². The molecule has 0 aromatic rings. The summed E-state index contributed by atoms with van der Waals surface area (Å²) < 4.78 is 0. The lowest BCUT2D eigenvalue weighted by molar-refractivity contribution is -0.117. The molecule has 1 saturated carbocycles. The first kappa shape index (κ1) is 16.3. The second-order valence-corrected chi connectivity index (χ2v) is 6.24. The molecule has 110 valence electrons. The van der Waals surface area contributed by atoms with Crippen molar-refractivity contribution in [2.45, 2.75) is 45.1 Å². The molecule has 1 rings (SSSR count). The van der Waals surface area contributed by atoms with E-state index in [1.165, 1.54) is 18.2 Å². The Morgan fingerprint density at radius 3 is 2.63 bits per heavy atom. The minimum atomic E-state index is -0.357. The molecular weight excluding hydrogens is 262 g/mol. The average molecular weight is 287 g/mol. The fraction of sp³-hybridized carbons (Fsp3) is 0.846. The number of nitrogens with two attached hydrogens (primary N) is 1. The summed E-state index contributed by atoms with van der Waals surface area (Å²) in [5, 5.41) is 5.24. The molecule has 4 N–H and O–H groups in total. The Morgan fingerprint density at radius 2 is 2.00 bits per heavy atom. The highest BCUT2D eigenvalue weighted by molar-refractivity contribution is 7.99. The van der Waals surface area contributed by atoms with Crippen LogP contribution >= 0.6 is 11.8 Å². The summed E-state index contributed by atoms with van der Waals surface area (Å²) in [6.45, 7) is 2.66. The molecule has 19 heavy (non-hydrogen) atoms. The third-order valence-corrected chi connectivity index (χ3v) is 4.50. The molecular formula is C13H25N3O2S. The fourth-order valence-corrected chi connectivity index (χ4v) is 2.97. The van der Waals surface area contributed by atoms with E-state index in [9.17, 15) is 9.59 Å². The summed E-state index contributed by atoms with van der Waals surface area (Å²) in [5.41, 5.74) is 5.50. The molecule has 0 spiro atoms. The van der Waals surface area contributed by atoms with Crippen molar-refractivity contribution >= 4 is 23.7 Å². The number of imide groups is 1. The van der Waals surface area contributed by atoms with Crippen molar-refractivity contribution in [2.24, 2.45) is 11.7 Å². The van der Waals surface area contributed by atoms with Gasteiger partial charge in [0.25, 0.3) is 0 Å². The topological polar surface area (TPSA) is 84.2 Å². The second-order valence-electron chi connectivity index (χ2n) is 5.21. The van der Waals surface area contributed by atoms with E-state index in [0.717, 1.165) is 31.4 Å². The van der Waals surface area contributed by atoms with Gasteiger partial charge in [0, 0.05) is 6.04 Å². The zero-order valence-electron chi connectivity index (χ0n) is 11.6. The maximum Gasteiger partial charge on any atom is 0.321 e. The van der Waals surface area contributed by atoms with Crippen molar-refractivity contribution in [1.29, 1.82) is 0 Å². The van der Waals surface area contributed by atoms with E-state index in [1.54, 1.807) is 0 Å². The lowest BCUT2D eigenvalue weighted by Gasteiger charge is -2.22. The molecule has 0 saturated heterocycles. The van der Waals surface area contributed by atoms with Gasteiger partial charge < -0.3 is 11.1 Å². The van der Waals surface area contributed by atoms with Gasteiger partial charge in [-0.15, -0.1) is 0 Å². The minimum Gasteiger partial charge on any atom is -0.335 e. The Labute approximate surface area is 119 Å². The van der Waals surface area contributed by atoms with Crippen molar-refractivity contribution in [3.8, 4) is 0 Å². The van der Waals surface area contributed by atoms with E-state index in [4.69, 9.17) is 5.73 Å². The molecule has 0 bridgehead atoms. The van der Waals surface area contributed by atoms with Crippen LogP contribution in [-0.4, -0.2) is 36.0 Å². The first-order chi connectivity index (χ1) is 9.11. The molecule has 6 heteroatoms. The van der Waals surface area contributed by atoms with Gasteiger partial charge in [-0.25, -0.2) is 4.79 Å². The van der Waals surface area contributed by atoms with Gasteiger partial charge in [-0.1, -0.05) is 26.2 Å². The summed E-state index contributed by atoms with van der Waals surface area (Å²) in [6.07, 6.45) is 5.60. The van der Waals surface area contributed by atoms with Crippen molar-refractivity contribution in [3.63, 3.8) is 0 Å². The Kier molecular flexibility index (Phi) is 7.90. The Balaban J connectivity index is 2.11. The minimum absolute atomic E-state index is 0.228. The van der Waals surface area contributed by atoms with Crippen LogP contribution in [0.1, 0.15) is 39.0 Å². The Bertz CT molecular complexity index is 294. The van der Waals surface area contributed by atoms with Gasteiger partial charge in [-0.05, 0) is 31.1 Å². The highest BCUT2D eigenvalue weighted by atomic mass is 32.2. The van der Waals surface area contributed by atoms with Gasteiger partial charge in [0.05, 0.1) is 5.75 Å². The predicted molar refractivity (Wildman–Crippen MR) is 79.1 cm³/mol. The highest BCUT2D eigenvalue weighted by Crippen LogP contribution is 2.17. The smallest absolute Gasteiger partial charge is 0.321 e. The summed E-state index contributed by atoms with van der Waals surface area (Å²) in [5.74, 6) is 1.31. The SMILES string of the molecule is CC(CN)CSCC(=O)NC(=O)NC1CCCCC1. The third-order valence-electron chi connectivity index (χ3n) is 3.23. The van der Waals surface area contributed by atoms with Gasteiger partial charge in [-0.3, -0.25) is 10.1 Å². The molecule has 0 radical (unpaired) electrons. The van der Waals surface area contributed by atoms with Gasteiger partial charge in [0.1, 0.15) is 0 Å². The van der Waals surface area contributed by atoms with E-state index in [2.05, 4.69) is 10.6 Å². The van der Waals surface area contributed by atoms with Crippen LogP contribution in [-0.2, 0) is 4.79 Å². The number of amides is 3. The molecule has 1 aliphatic carbocycles. The molecule has 1 fully saturated rings. The molecule has 0 aromatic heterocycles. The van der Waals surface area contributed by atoms with Crippen molar-refractivity contribution in [2.75, 3.05) is 18.1 Å². The van der Waals surface area contributed by atoms with Crippen molar-refractivity contribution in [3.05, 3.63) is 0 Å². The monoisotopic (exact) mass is 287 g/mol. The van der Waals surface area contributed by atoms with E-state index < -0.39 is 0 Å². The molecule has 1 atom stereocenters. The molecule has 1 unspecified atom stereocenters. The maximum atomic E-state index is 11.6. The standard InChI is InChI=1S/C13H25N3O2S/c1-10(7-14)8-19-9-12(17)16-13(18)15-11-5-3-2-4-6-11/h10-11H,2-9,14H2,1H3,(H2,15,16,17,18). The number of rotatable bonds is 6. The summed E-state index contributed by atoms with van der Waals surface area (Å²) in [4.78, 5) is 23.1. The van der Waals surface area contributed by atoms with Gasteiger partial charge in [0.15, 0.2) is 0 Å². The Hall–Kier alpha value is -0.750. The first-order valence-electron chi connectivity index (χ1n) is 7.00. The van der Waals surface area contributed by atoms with Gasteiger partial charge in [-0.2, -0.15) is 11.8 Å². The Morgan fingerprint density at radius 1 is 1.32 bits per heavy atom. The number of nitrogens with one attached hydrogen (secondary N) is 2. The average Bonchev–Trinajstić information content (AvgIpc) is 2.39. The van der Waals surface area contributed by atoms with Crippen LogP contribution in [0.3, 0.4) is 0 Å². The lowest BCUT2D eigenvalue weighted by Crippen LogP contribution is -2.45. The van der Waals surface area contributed by atoms with Gasteiger partial charge in [0.2, 0.25) is 5.91 Å². The lowest BCUT2D eigenvalue weighted by atomic mass is 9.96. The predicted octanol–water partition coefficient (Wildman–Crippen LogP) is 1.47. The number of carbonyl (C=O) groups is 2. The van der Waals surface area contributed by atoms with E-state index in [1.807, 2.05) is 6.92 Å². The second kappa shape index (κ2) is 9.20. The molecule has 3 amide bonds. The molecule has 5 nitrogen and oxygen atoms in total. The number of thioether (sulfide) groups is 1. The first-order valence-corrected chi connectivity index (χ1v) is 8.15. The van der Waals surface area contributed by atoms with Crippen LogP contribution in [0.25, 0.3) is 0 Å². The quantitative estimate of drug-likeness (QED) is 0.691. The van der Waals surface area contributed by atoms with E-state index in [0.29, 0.717) is 18.2 Å². The molecule has 1 aliphatic rings. The number of hydrogen-bond acceptors (Lipinski definition) is 4. The van der Waals surface area contributed by atoms with Crippen LogP contribution in [0.2, 0.25) is 0 Å². The summed E-state index contributed by atoms with van der Waals surface area (Å²) in [6, 6.07) is -0.129. The van der Waals surface area contributed by atoms with Gasteiger partial charge >= 0.3 is 6.03 Å². The summed E-state index contributed by atoms with van der Waals surface area (Å²) in [7, 11) is 0. The van der Waals surface area contributed by atoms with Crippen LogP contribution < -0.4 is 16.4 Å². The summed E-state index contributed by atoms with van der Waals surface area (Å²) >= 11 is 1.51. The van der Waals surface area contributed by atoms with E-state index >= 15 is 0 Å². The van der Waals surface area contributed by atoms with Crippen LogP contribution in [0.4, 0.5) is 4.79 Å². The fourth-order valence-electron chi connectivity index (χ4n) is 2.05. The van der Waals surface area contributed by atoms with Crippen LogP contribution in [0, 0.1) is 5.92 Å². The zero-order valence-corrected chi connectivity index (χ0v) is 12.4. The molecule has 0 heterocycles. The maximum absolute atomic E-state index is 11.6. The van der Waals surface area contributed by atoms with Crippen molar-refractivity contribution in [1.82, 2.24) is 10.6 Å². The highest BCUT2D eigenvalue weighted by Gasteiger charge is 2.16. The molecule has 0 aromatic carbocycles. The largest absolute Gasteiger partial charge is 0.335 e. The van der Waals surface area contributed by atoms with E-state index in [-0.39, 0.29) is 18.0 Å². The third kappa shape index (κ3) is 7.42. The van der Waals surface area contributed by atoms with Crippen LogP contribution in [0.15, 0.2) is 0 Å². The normalized spacial score (nSPS) is 17.8. The zero-order chi connectivity index (χ0) is 14.1. The number of hydrogen-bond donors (Lipinski definition) is 3. The molecule has 0 aliphatic heterocycles. The number of carbonyl (C=O) groups excluding carboxylic acids is 2. The van der Waals surface area contributed by atoms with Crippen LogP contribution in [0.5, 0.6) is 0 Å². The number of urea groups is 1.